The molecule has 0 atom stereocenters. The van der Waals surface area contributed by atoms with Crippen molar-refractivity contribution in [3.8, 4) is 0 Å². The smallest absolute Gasteiger partial charge is 0.0153 e. The second kappa shape index (κ2) is 3.02. The molecule has 0 aliphatic heterocycles. The van der Waals surface area contributed by atoms with Gasteiger partial charge in [-0.05, 0) is 38.0 Å². The van der Waals surface area contributed by atoms with Gasteiger partial charge < -0.3 is 5.32 Å². The minimum Gasteiger partial charge on any atom is -0.311 e. The van der Waals surface area contributed by atoms with Crippen molar-refractivity contribution >= 4 is 0 Å². The summed E-state index contributed by atoms with van der Waals surface area (Å²) >= 11 is 0. The van der Waals surface area contributed by atoms with Crippen LogP contribution in [0.1, 0.15) is 47.5 Å². The molecule has 0 unspecified atom stereocenters. The van der Waals surface area contributed by atoms with E-state index in [2.05, 4.69) is 39.9 Å². The molecule has 0 radical (unpaired) electrons. The lowest BCUT2D eigenvalue weighted by Crippen LogP contribution is -2.45. The summed E-state index contributed by atoms with van der Waals surface area (Å²) in [6, 6.07) is 0. The van der Waals surface area contributed by atoms with Crippen LogP contribution in [-0.4, -0.2) is 12.1 Å². The summed E-state index contributed by atoms with van der Waals surface area (Å²) < 4.78 is 0. The van der Waals surface area contributed by atoms with Gasteiger partial charge in [0.15, 0.2) is 0 Å². The largest absolute Gasteiger partial charge is 0.311 e. The van der Waals surface area contributed by atoms with Gasteiger partial charge >= 0.3 is 0 Å². The van der Waals surface area contributed by atoms with Crippen LogP contribution >= 0.6 is 0 Å². The van der Waals surface area contributed by atoms with Crippen LogP contribution in [0.5, 0.6) is 0 Å². The van der Waals surface area contributed by atoms with E-state index in [1.807, 2.05) is 0 Å². The van der Waals surface area contributed by atoms with Crippen molar-refractivity contribution in [3.63, 3.8) is 0 Å². The first-order valence-corrected chi connectivity index (χ1v) is 5.06. The zero-order valence-electron chi connectivity index (χ0n) is 9.20. The first-order chi connectivity index (χ1) is 5.31. The standard InChI is InChI=1S/C11H23N/c1-10(2,3)8-12-11(4,5)9-6-7-9/h9,12H,6-8H2,1-5H3. The van der Waals surface area contributed by atoms with Gasteiger partial charge in [-0.25, -0.2) is 0 Å². The van der Waals surface area contributed by atoms with Gasteiger partial charge in [-0.3, -0.25) is 0 Å². The van der Waals surface area contributed by atoms with Gasteiger partial charge in [0.25, 0.3) is 0 Å². The minimum atomic E-state index is 0.368. The molecule has 1 N–H and O–H groups in total. The molecule has 0 amide bonds. The first-order valence-electron chi connectivity index (χ1n) is 5.06. The summed E-state index contributed by atoms with van der Waals surface area (Å²) in [7, 11) is 0. The summed E-state index contributed by atoms with van der Waals surface area (Å²) in [5.74, 6) is 0.930. The van der Waals surface area contributed by atoms with Crippen molar-refractivity contribution in [1.29, 1.82) is 0 Å². The molecule has 0 aromatic carbocycles. The van der Waals surface area contributed by atoms with Crippen molar-refractivity contribution in [3.05, 3.63) is 0 Å². The van der Waals surface area contributed by atoms with E-state index in [4.69, 9.17) is 0 Å². The van der Waals surface area contributed by atoms with Crippen molar-refractivity contribution in [2.75, 3.05) is 6.54 Å². The van der Waals surface area contributed by atoms with Crippen LogP contribution in [0.25, 0.3) is 0 Å². The summed E-state index contributed by atoms with van der Waals surface area (Å²) in [6.45, 7) is 12.6. The monoisotopic (exact) mass is 169 g/mol. The van der Waals surface area contributed by atoms with E-state index in [0.717, 1.165) is 12.5 Å². The van der Waals surface area contributed by atoms with Gasteiger partial charge in [-0.15, -0.1) is 0 Å². The third-order valence-electron chi connectivity index (χ3n) is 2.67. The van der Waals surface area contributed by atoms with Crippen LogP contribution in [0.2, 0.25) is 0 Å². The Kier molecular flexibility index (Phi) is 2.53. The normalized spacial score (nSPS) is 19.8. The van der Waals surface area contributed by atoms with Crippen molar-refractivity contribution < 1.29 is 0 Å². The van der Waals surface area contributed by atoms with Crippen LogP contribution in [-0.2, 0) is 0 Å². The Morgan fingerprint density at radius 2 is 1.58 bits per heavy atom. The van der Waals surface area contributed by atoms with E-state index in [9.17, 15) is 0 Å². The highest BCUT2D eigenvalue weighted by Crippen LogP contribution is 2.39. The van der Waals surface area contributed by atoms with Gasteiger partial charge in [0.1, 0.15) is 0 Å². The highest BCUT2D eigenvalue weighted by atomic mass is 15.0. The third-order valence-corrected chi connectivity index (χ3v) is 2.67. The molecule has 1 rings (SSSR count). The molecule has 0 bridgehead atoms. The maximum absolute atomic E-state index is 3.66. The van der Waals surface area contributed by atoms with E-state index in [1.165, 1.54) is 12.8 Å². The van der Waals surface area contributed by atoms with Gasteiger partial charge in [0.05, 0.1) is 0 Å². The molecule has 1 saturated carbocycles. The Hall–Kier alpha value is -0.0400. The molecular formula is C11H23N. The summed E-state index contributed by atoms with van der Waals surface area (Å²) in [4.78, 5) is 0. The Balaban J connectivity index is 2.30. The maximum Gasteiger partial charge on any atom is 0.0153 e. The molecule has 1 aliphatic carbocycles. The average molecular weight is 169 g/mol. The van der Waals surface area contributed by atoms with Crippen molar-refractivity contribution in [2.45, 2.75) is 53.0 Å². The lowest BCUT2D eigenvalue weighted by molar-refractivity contribution is 0.275. The highest BCUT2D eigenvalue weighted by Gasteiger charge is 2.37. The van der Waals surface area contributed by atoms with Gasteiger partial charge in [-0.2, -0.15) is 0 Å². The number of hydrogen-bond donors (Lipinski definition) is 1. The predicted molar refractivity (Wildman–Crippen MR) is 54.3 cm³/mol. The third kappa shape index (κ3) is 3.14. The van der Waals surface area contributed by atoms with Crippen molar-refractivity contribution in [2.24, 2.45) is 11.3 Å². The average Bonchev–Trinajstić information content (AvgIpc) is 2.62. The van der Waals surface area contributed by atoms with Crippen molar-refractivity contribution in [1.82, 2.24) is 5.32 Å². The fourth-order valence-corrected chi connectivity index (χ4v) is 1.44. The zero-order valence-corrected chi connectivity index (χ0v) is 9.20. The number of hydrogen-bond acceptors (Lipinski definition) is 1. The minimum absolute atomic E-state index is 0.368. The van der Waals surface area contributed by atoms with Crippen LogP contribution in [0.3, 0.4) is 0 Å². The lowest BCUT2D eigenvalue weighted by atomic mass is 9.92. The van der Waals surface area contributed by atoms with E-state index in [1.54, 1.807) is 0 Å². The molecule has 0 aromatic heterocycles. The molecule has 0 heterocycles. The topological polar surface area (TPSA) is 12.0 Å². The van der Waals surface area contributed by atoms with E-state index < -0.39 is 0 Å². The quantitative estimate of drug-likeness (QED) is 0.685. The molecule has 0 saturated heterocycles. The molecule has 1 aliphatic rings. The molecule has 1 nitrogen and oxygen atoms in total. The molecule has 0 spiro atoms. The Labute approximate surface area is 76.9 Å². The zero-order chi connectivity index (χ0) is 9.41. The van der Waals surface area contributed by atoms with E-state index in [-0.39, 0.29) is 0 Å². The molecular weight excluding hydrogens is 146 g/mol. The van der Waals surface area contributed by atoms with Crippen LogP contribution < -0.4 is 5.32 Å². The maximum atomic E-state index is 3.66. The van der Waals surface area contributed by atoms with Gasteiger partial charge in [-0.1, -0.05) is 20.8 Å². The lowest BCUT2D eigenvalue weighted by Gasteiger charge is -2.30. The van der Waals surface area contributed by atoms with E-state index >= 15 is 0 Å². The fourth-order valence-electron chi connectivity index (χ4n) is 1.44. The fraction of sp³-hybridized carbons (Fsp3) is 1.00. The highest BCUT2D eigenvalue weighted by molar-refractivity contribution is 4.94. The summed E-state index contributed by atoms with van der Waals surface area (Å²) in [6.07, 6.45) is 2.84. The molecule has 1 fully saturated rings. The predicted octanol–water partition coefficient (Wildman–Crippen LogP) is 2.81. The number of rotatable bonds is 3. The Bertz CT molecular complexity index is 149. The summed E-state index contributed by atoms with van der Waals surface area (Å²) in [5.41, 5.74) is 0.777. The SMILES string of the molecule is CC(C)(C)CNC(C)(C)C1CC1. The van der Waals surface area contributed by atoms with Gasteiger partial charge in [0.2, 0.25) is 0 Å². The van der Waals surface area contributed by atoms with Crippen LogP contribution in [0.15, 0.2) is 0 Å². The van der Waals surface area contributed by atoms with E-state index in [0.29, 0.717) is 11.0 Å². The Morgan fingerprint density at radius 3 is 1.92 bits per heavy atom. The van der Waals surface area contributed by atoms with Crippen LogP contribution in [0, 0.1) is 11.3 Å². The summed E-state index contributed by atoms with van der Waals surface area (Å²) in [5, 5.41) is 3.66. The second-order valence-electron chi connectivity index (χ2n) is 5.91. The number of nitrogens with one attached hydrogen (secondary N) is 1. The van der Waals surface area contributed by atoms with Gasteiger partial charge in [0, 0.05) is 12.1 Å². The molecule has 1 heteroatoms. The Morgan fingerprint density at radius 1 is 1.08 bits per heavy atom. The molecule has 72 valence electrons. The second-order valence-corrected chi connectivity index (χ2v) is 5.91. The van der Waals surface area contributed by atoms with Crippen LogP contribution in [0.4, 0.5) is 0 Å². The molecule has 0 aromatic rings. The first kappa shape index (κ1) is 10.0. The molecule has 12 heavy (non-hydrogen) atoms.